The van der Waals surface area contributed by atoms with Crippen LogP contribution in [0.5, 0.6) is 0 Å². The van der Waals surface area contributed by atoms with Gasteiger partial charge in [-0.1, -0.05) is 83.6 Å². The standard InChI is InChI=1S/C16H35N.C5H5N.BrH/c1-4-5-6-7-8-9-10-11-12-13-14-15-16-17(2)3;1-2-4-6-5-3-1;/h4-16H2,1-3H3;1-5H;1H. The zero-order valence-electron chi connectivity index (χ0n) is 16.4. The first-order valence-corrected chi connectivity index (χ1v) is 9.77. The summed E-state index contributed by atoms with van der Waals surface area (Å²) in [6.07, 6.45) is 20.8. The van der Waals surface area contributed by atoms with Crippen molar-refractivity contribution in [3.8, 4) is 0 Å². The number of pyridine rings is 1. The van der Waals surface area contributed by atoms with Crippen LogP contribution in [0, 0.1) is 0 Å². The number of hydrogen-bond donors (Lipinski definition) is 0. The lowest BCUT2D eigenvalue weighted by Crippen LogP contribution is -2.12. The molecular formula is C21H41BrN2. The average Bonchev–Trinajstić information content (AvgIpc) is 2.58. The lowest BCUT2D eigenvalue weighted by Gasteiger charge is -2.08. The van der Waals surface area contributed by atoms with Gasteiger partial charge in [0.2, 0.25) is 0 Å². The van der Waals surface area contributed by atoms with E-state index in [4.69, 9.17) is 0 Å². The Hall–Kier alpha value is -0.410. The van der Waals surface area contributed by atoms with E-state index >= 15 is 0 Å². The number of hydrogen-bond acceptors (Lipinski definition) is 2. The quantitative estimate of drug-likeness (QED) is 0.334. The SMILES string of the molecule is Br.CCCCCCCCCCCCCCN(C)C.c1ccncc1. The molecule has 1 rings (SSSR count). The minimum absolute atomic E-state index is 0. The fraction of sp³-hybridized carbons (Fsp3) is 0.762. The Morgan fingerprint density at radius 3 is 1.33 bits per heavy atom. The first kappa shape index (κ1) is 25.8. The highest BCUT2D eigenvalue weighted by Crippen LogP contribution is 2.11. The van der Waals surface area contributed by atoms with Crippen molar-refractivity contribution in [2.45, 2.75) is 84.0 Å². The molecule has 2 nitrogen and oxygen atoms in total. The molecule has 1 aromatic heterocycles. The summed E-state index contributed by atoms with van der Waals surface area (Å²) in [5.41, 5.74) is 0. The van der Waals surface area contributed by atoms with E-state index in [0.29, 0.717) is 0 Å². The largest absolute Gasteiger partial charge is 0.309 e. The van der Waals surface area contributed by atoms with Gasteiger partial charge in [-0.2, -0.15) is 0 Å². The van der Waals surface area contributed by atoms with Gasteiger partial charge in [0.15, 0.2) is 0 Å². The molecule has 0 spiro atoms. The lowest BCUT2D eigenvalue weighted by atomic mass is 10.1. The predicted molar refractivity (Wildman–Crippen MR) is 114 cm³/mol. The normalized spacial score (nSPS) is 10.0. The van der Waals surface area contributed by atoms with Gasteiger partial charge < -0.3 is 4.90 Å². The monoisotopic (exact) mass is 400 g/mol. The van der Waals surface area contributed by atoms with Crippen molar-refractivity contribution < 1.29 is 0 Å². The van der Waals surface area contributed by atoms with E-state index in [9.17, 15) is 0 Å². The molecule has 0 aliphatic heterocycles. The Labute approximate surface area is 162 Å². The smallest absolute Gasteiger partial charge is 0.0267 e. The number of aromatic nitrogens is 1. The molecule has 0 fully saturated rings. The summed E-state index contributed by atoms with van der Waals surface area (Å²) < 4.78 is 0. The second-order valence-corrected chi connectivity index (χ2v) is 6.72. The van der Waals surface area contributed by atoms with E-state index < -0.39 is 0 Å². The number of unbranched alkanes of at least 4 members (excludes halogenated alkanes) is 11. The fourth-order valence-corrected chi connectivity index (χ4v) is 2.58. The molecule has 1 aromatic rings. The molecule has 0 N–H and O–H groups in total. The number of halogens is 1. The summed E-state index contributed by atoms with van der Waals surface area (Å²) in [6.45, 7) is 3.55. The van der Waals surface area contributed by atoms with Crippen molar-refractivity contribution in [3.63, 3.8) is 0 Å². The topological polar surface area (TPSA) is 16.1 Å². The van der Waals surface area contributed by atoms with Crippen LogP contribution in [0.15, 0.2) is 30.6 Å². The molecule has 0 saturated carbocycles. The zero-order chi connectivity index (χ0) is 17.0. The molecule has 0 radical (unpaired) electrons. The number of nitrogens with zero attached hydrogens (tertiary/aromatic N) is 2. The zero-order valence-corrected chi connectivity index (χ0v) is 18.1. The minimum atomic E-state index is 0. The first-order valence-electron chi connectivity index (χ1n) is 9.77. The third-order valence-corrected chi connectivity index (χ3v) is 4.03. The Bertz CT molecular complexity index is 277. The van der Waals surface area contributed by atoms with Crippen LogP contribution in [0.2, 0.25) is 0 Å². The summed E-state index contributed by atoms with van der Waals surface area (Å²) in [6, 6.07) is 5.72. The van der Waals surface area contributed by atoms with Crippen molar-refractivity contribution >= 4 is 17.0 Å². The fourth-order valence-electron chi connectivity index (χ4n) is 2.58. The van der Waals surface area contributed by atoms with Crippen molar-refractivity contribution in [2.24, 2.45) is 0 Å². The van der Waals surface area contributed by atoms with E-state index in [0.717, 1.165) is 0 Å². The molecule has 0 aliphatic rings. The third-order valence-electron chi connectivity index (χ3n) is 4.03. The van der Waals surface area contributed by atoms with Gasteiger partial charge in [-0.15, -0.1) is 17.0 Å². The maximum atomic E-state index is 3.78. The van der Waals surface area contributed by atoms with Gasteiger partial charge in [0.05, 0.1) is 0 Å². The molecule has 0 saturated heterocycles. The van der Waals surface area contributed by atoms with Crippen molar-refractivity contribution in [2.75, 3.05) is 20.6 Å². The average molecular weight is 401 g/mol. The molecule has 0 aromatic carbocycles. The van der Waals surface area contributed by atoms with Crippen LogP contribution in [-0.4, -0.2) is 30.5 Å². The molecule has 3 heteroatoms. The third kappa shape index (κ3) is 23.9. The van der Waals surface area contributed by atoms with Crippen molar-refractivity contribution in [3.05, 3.63) is 30.6 Å². The number of rotatable bonds is 13. The predicted octanol–water partition coefficient (Wildman–Crippen LogP) is 6.91. The molecule has 24 heavy (non-hydrogen) atoms. The van der Waals surface area contributed by atoms with Crippen LogP contribution in [0.3, 0.4) is 0 Å². The van der Waals surface area contributed by atoms with Gasteiger partial charge >= 0.3 is 0 Å². The first-order chi connectivity index (χ1) is 11.3. The van der Waals surface area contributed by atoms with Crippen LogP contribution >= 0.6 is 17.0 Å². The summed E-state index contributed by atoms with van der Waals surface area (Å²) in [7, 11) is 4.33. The van der Waals surface area contributed by atoms with E-state index in [2.05, 4.69) is 30.9 Å². The summed E-state index contributed by atoms with van der Waals surface area (Å²) in [4.78, 5) is 6.07. The van der Waals surface area contributed by atoms with Gasteiger partial charge in [0, 0.05) is 12.4 Å². The van der Waals surface area contributed by atoms with Gasteiger partial charge in [-0.05, 0) is 39.2 Å². The Morgan fingerprint density at radius 1 is 0.625 bits per heavy atom. The van der Waals surface area contributed by atoms with Gasteiger partial charge in [0.1, 0.15) is 0 Å². The van der Waals surface area contributed by atoms with E-state index in [1.54, 1.807) is 12.4 Å². The van der Waals surface area contributed by atoms with E-state index in [1.165, 1.54) is 83.6 Å². The summed E-state index contributed by atoms with van der Waals surface area (Å²) in [5.74, 6) is 0. The highest BCUT2D eigenvalue weighted by molar-refractivity contribution is 8.93. The second-order valence-electron chi connectivity index (χ2n) is 6.72. The van der Waals surface area contributed by atoms with Crippen molar-refractivity contribution in [1.82, 2.24) is 9.88 Å². The molecule has 1 heterocycles. The van der Waals surface area contributed by atoms with Gasteiger partial charge in [-0.3, -0.25) is 4.98 Å². The van der Waals surface area contributed by atoms with Crippen LogP contribution in [0.25, 0.3) is 0 Å². The molecule has 0 unspecified atom stereocenters. The molecule has 0 aliphatic carbocycles. The summed E-state index contributed by atoms with van der Waals surface area (Å²) in [5, 5.41) is 0. The van der Waals surface area contributed by atoms with Crippen molar-refractivity contribution in [1.29, 1.82) is 0 Å². The molecule has 0 amide bonds. The highest BCUT2D eigenvalue weighted by Gasteiger charge is 1.94. The van der Waals surface area contributed by atoms with Crippen LogP contribution in [-0.2, 0) is 0 Å². The molecule has 142 valence electrons. The Balaban J connectivity index is 0. The maximum Gasteiger partial charge on any atom is 0.0267 e. The second kappa shape index (κ2) is 22.6. The highest BCUT2D eigenvalue weighted by atomic mass is 79.9. The van der Waals surface area contributed by atoms with E-state index in [-0.39, 0.29) is 17.0 Å². The van der Waals surface area contributed by atoms with Crippen LogP contribution in [0.4, 0.5) is 0 Å². The van der Waals surface area contributed by atoms with Gasteiger partial charge in [0.25, 0.3) is 0 Å². The minimum Gasteiger partial charge on any atom is -0.309 e. The molecule has 0 atom stereocenters. The maximum absolute atomic E-state index is 3.78. The Morgan fingerprint density at radius 2 is 1.04 bits per heavy atom. The summed E-state index contributed by atoms with van der Waals surface area (Å²) >= 11 is 0. The lowest BCUT2D eigenvalue weighted by molar-refractivity contribution is 0.389. The van der Waals surface area contributed by atoms with Crippen LogP contribution in [0.1, 0.15) is 84.0 Å². The van der Waals surface area contributed by atoms with Crippen LogP contribution < -0.4 is 0 Å². The molecule has 0 bridgehead atoms. The Kier molecular flexibility index (Phi) is 24.3. The van der Waals surface area contributed by atoms with Gasteiger partial charge in [-0.25, -0.2) is 0 Å². The molecular weight excluding hydrogens is 360 g/mol. The van der Waals surface area contributed by atoms with E-state index in [1.807, 2.05) is 18.2 Å².